The minimum Gasteiger partial charge on any atom is -0.497 e. The first kappa shape index (κ1) is 22.3. The third kappa shape index (κ3) is 4.64. The Kier molecular flexibility index (Phi) is 6.02. The van der Waals surface area contributed by atoms with E-state index in [1.165, 1.54) is 0 Å². The van der Waals surface area contributed by atoms with Gasteiger partial charge in [-0.2, -0.15) is 0 Å². The quantitative estimate of drug-likeness (QED) is 0.243. The first-order valence-corrected chi connectivity index (χ1v) is 11.3. The second-order valence-electron chi connectivity index (χ2n) is 8.42. The molecule has 1 aromatic heterocycles. The summed E-state index contributed by atoms with van der Waals surface area (Å²) in [5.41, 5.74) is 10.6. The highest BCUT2D eigenvalue weighted by Gasteiger charge is 2.14. The van der Waals surface area contributed by atoms with E-state index >= 15 is 0 Å². The van der Waals surface area contributed by atoms with Crippen LogP contribution in [-0.4, -0.2) is 14.2 Å². The van der Waals surface area contributed by atoms with Crippen LogP contribution in [0.5, 0.6) is 11.5 Å². The molecule has 0 saturated carbocycles. The zero-order valence-corrected chi connectivity index (χ0v) is 19.7. The van der Waals surface area contributed by atoms with E-state index in [4.69, 9.17) is 19.6 Å². The van der Waals surface area contributed by atoms with Gasteiger partial charge in [-0.25, -0.2) is 0 Å². The maximum Gasteiger partial charge on any atom is 0.200 e. The molecule has 0 aliphatic heterocycles. The molecule has 0 saturated heterocycles. The van der Waals surface area contributed by atoms with Gasteiger partial charge >= 0.3 is 0 Å². The van der Waals surface area contributed by atoms with Gasteiger partial charge in [-0.1, -0.05) is 24.3 Å². The number of methoxy groups -OCH3 is 2. The Labute approximate surface area is 203 Å². The van der Waals surface area contributed by atoms with Crippen LogP contribution in [0.25, 0.3) is 21.9 Å². The minimum absolute atomic E-state index is 0.0651. The lowest BCUT2D eigenvalue weighted by Crippen LogP contribution is -2.22. The number of nitrogen functional groups attached to an aromatic ring is 1. The standard InChI is InChI=1S/C29H26N2O4/c1-33-23-9-3-19(4-10-23)17-31(18-20-5-11-24(34-2)12-6-20)22-8-14-26-28(16-22)35-27-15-21(30)7-13-25(27)29(26)32/h3-16H,17-18,30H2,1-2H3. The number of rotatable bonds is 7. The summed E-state index contributed by atoms with van der Waals surface area (Å²) < 4.78 is 16.7. The summed E-state index contributed by atoms with van der Waals surface area (Å²) in [5, 5.41) is 1.06. The van der Waals surface area contributed by atoms with Gasteiger partial charge in [0.2, 0.25) is 5.43 Å². The third-order valence-corrected chi connectivity index (χ3v) is 6.11. The molecular weight excluding hydrogens is 440 g/mol. The largest absolute Gasteiger partial charge is 0.497 e. The Bertz CT molecular complexity index is 1490. The second kappa shape index (κ2) is 9.43. The molecule has 2 N–H and O–H groups in total. The molecule has 0 bridgehead atoms. The fourth-order valence-electron chi connectivity index (χ4n) is 4.20. The zero-order valence-electron chi connectivity index (χ0n) is 19.7. The van der Waals surface area contributed by atoms with Gasteiger partial charge < -0.3 is 24.5 Å². The van der Waals surface area contributed by atoms with Gasteiger partial charge in [0.25, 0.3) is 0 Å². The van der Waals surface area contributed by atoms with Crippen LogP contribution in [0.2, 0.25) is 0 Å². The van der Waals surface area contributed by atoms with Crippen LogP contribution in [0.4, 0.5) is 11.4 Å². The van der Waals surface area contributed by atoms with Crippen molar-refractivity contribution in [3.8, 4) is 11.5 Å². The summed E-state index contributed by atoms with van der Waals surface area (Å²) in [6, 6.07) is 26.9. The lowest BCUT2D eigenvalue weighted by molar-refractivity contribution is 0.414. The van der Waals surface area contributed by atoms with Crippen LogP contribution in [0.15, 0.2) is 94.1 Å². The van der Waals surface area contributed by atoms with Crippen LogP contribution < -0.4 is 25.5 Å². The third-order valence-electron chi connectivity index (χ3n) is 6.11. The van der Waals surface area contributed by atoms with Crippen molar-refractivity contribution < 1.29 is 13.9 Å². The Morgan fingerprint density at radius 2 is 1.23 bits per heavy atom. The summed E-state index contributed by atoms with van der Waals surface area (Å²) in [6.07, 6.45) is 0. The maximum absolute atomic E-state index is 13.0. The summed E-state index contributed by atoms with van der Waals surface area (Å²) in [4.78, 5) is 15.3. The summed E-state index contributed by atoms with van der Waals surface area (Å²) in [7, 11) is 3.32. The Morgan fingerprint density at radius 1 is 0.714 bits per heavy atom. The highest BCUT2D eigenvalue weighted by Crippen LogP contribution is 2.28. The van der Waals surface area contributed by atoms with E-state index in [1.807, 2.05) is 42.5 Å². The van der Waals surface area contributed by atoms with E-state index in [0.717, 1.165) is 28.3 Å². The van der Waals surface area contributed by atoms with Gasteiger partial charge in [-0.05, 0) is 59.7 Å². The monoisotopic (exact) mass is 466 g/mol. The van der Waals surface area contributed by atoms with E-state index < -0.39 is 0 Å². The number of hydrogen-bond donors (Lipinski definition) is 1. The van der Waals surface area contributed by atoms with Gasteiger partial charge in [0, 0.05) is 36.6 Å². The Morgan fingerprint density at radius 3 is 1.77 bits per heavy atom. The molecule has 0 spiro atoms. The average Bonchev–Trinajstić information content (AvgIpc) is 2.89. The molecule has 6 heteroatoms. The summed E-state index contributed by atoms with van der Waals surface area (Å²) >= 11 is 0. The van der Waals surface area contributed by atoms with Gasteiger partial charge in [-0.3, -0.25) is 4.79 Å². The van der Waals surface area contributed by atoms with Crippen LogP contribution in [0.1, 0.15) is 11.1 Å². The zero-order chi connectivity index (χ0) is 24.4. The van der Waals surface area contributed by atoms with Crippen molar-refractivity contribution in [2.75, 3.05) is 24.9 Å². The average molecular weight is 467 g/mol. The van der Waals surface area contributed by atoms with Crippen molar-refractivity contribution in [3.63, 3.8) is 0 Å². The number of nitrogens with two attached hydrogens (primary N) is 1. The highest BCUT2D eigenvalue weighted by molar-refractivity contribution is 5.92. The van der Waals surface area contributed by atoms with E-state index in [-0.39, 0.29) is 5.43 Å². The molecule has 4 aromatic carbocycles. The van der Waals surface area contributed by atoms with Gasteiger partial charge in [0.05, 0.1) is 25.0 Å². The van der Waals surface area contributed by atoms with Crippen molar-refractivity contribution in [3.05, 3.63) is 106 Å². The van der Waals surface area contributed by atoms with Crippen molar-refractivity contribution in [1.82, 2.24) is 0 Å². The molecule has 0 radical (unpaired) electrons. The molecule has 1 heterocycles. The second-order valence-corrected chi connectivity index (χ2v) is 8.42. The van der Waals surface area contributed by atoms with E-state index in [2.05, 4.69) is 29.2 Å². The number of anilines is 2. The normalized spacial score (nSPS) is 11.0. The van der Waals surface area contributed by atoms with Crippen molar-refractivity contribution in [2.24, 2.45) is 0 Å². The molecule has 0 unspecified atom stereocenters. The summed E-state index contributed by atoms with van der Waals surface area (Å²) in [5.74, 6) is 1.63. The number of benzene rings is 4. The molecule has 35 heavy (non-hydrogen) atoms. The van der Waals surface area contributed by atoms with Gasteiger partial charge in [0.1, 0.15) is 22.7 Å². The molecule has 0 aliphatic carbocycles. The topological polar surface area (TPSA) is 77.9 Å². The number of nitrogens with zero attached hydrogens (tertiary/aromatic N) is 1. The molecule has 0 fully saturated rings. The van der Waals surface area contributed by atoms with Crippen LogP contribution in [-0.2, 0) is 13.1 Å². The minimum atomic E-state index is -0.0651. The number of ether oxygens (including phenoxy) is 2. The van der Waals surface area contributed by atoms with E-state index in [9.17, 15) is 4.79 Å². The Balaban J connectivity index is 1.56. The van der Waals surface area contributed by atoms with E-state index in [0.29, 0.717) is 40.7 Å². The predicted molar refractivity (Wildman–Crippen MR) is 140 cm³/mol. The Hall–Kier alpha value is -4.45. The van der Waals surface area contributed by atoms with Crippen molar-refractivity contribution in [1.29, 1.82) is 0 Å². The number of fused-ring (bicyclic) bond motifs is 2. The highest BCUT2D eigenvalue weighted by atomic mass is 16.5. The molecule has 6 nitrogen and oxygen atoms in total. The molecule has 5 aromatic rings. The molecule has 0 amide bonds. The molecule has 0 atom stereocenters. The van der Waals surface area contributed by atoms with Crippen molar-refractivity contribution >= 4 is 33.3 Å². The summed E-state index contributed by atoms with van der Waals surface area (Å²) in [6.45, 7) is 1.32. The molecule has 176 valence electrons. The molecule has 0 aliphatic rings. The van der Waals surface area contributed by atoms with Crippen LogP contribution in [0.3, 0.4) is 0 Å². The van der Waals surface area contributed by atoms with E-state index in [1.54, 1.807) is 32.4 Å². The van der Waals surface area contributed by atoms with Crippen molar-refractivity contribution in [2.45, 2.75) is 13.1 Å². The lowest BCUT2D eigenvalue weighted by Gasteiger charge is -2.25. The number of hydrogen-bond acceptors (Lipinski definition) is 6. The maximum atomic E-state index is 13.0. The first-order chi connectivity index (χ1) is 17.0. The van der Waals surface area contributed by atoms with Gasteiger partial charge in [0.15, 0.2) is 0 Å². The molecular formula is C29H26N2O4. The van der Waals surface area contributed by atoms with Crippen LogP contribution >= 0.6 is 0 Å². The fraction of sp³-hybridized carbons (Fsp3) is 0.138. The van der Waals surface area contributed by atoms with Crippen LogP contribution in [0, 0.1) is 0 Å². The fourth-order valence-corrected chi connectivity index (χ4v) is 4.20. The van der Waals surface area contributed by atoms with Gasteiger partial charge in [-0.15, -0.1) is 0 Å². The predicted octanol–water partition coefficient (Wildman–Crippen LogP) is 5.75. The lowest BCUT2D eigenvalue weighted by atomic mass is 10.1. The SMILES string of the molecule is COc1ccc(CN(Cc2ccc(OC)cc2)c2ccc3c(=O)c4ccc(N)cc4oc3c2)cc1. The smallest absolute Gasteiger partial charge is 0.200 e. The molecule has 5 rings (SSSR count). The first-order valence-electron chi connectivity index (χ1n) is 11.3.